The molecule has 0 bridgehead atoms. The number of aryl methyl sites for hydroxylation is 1. The van der Waals surface area contributed by atoms with E-state index in [-0.39, 0.29) is 6.04 Å². The highest BCUT2D eigenvalue weighted by molar-refractivity contribution is 7.13. The zero-order valence-electron chi connectivity index (χ0n) is 9.20. The molecule has 1 aliphatic carbocycles. The standard InChI is InChI=1S/C11H19N3S/c1-8-7-15-11(13-8)14-10-6-4-2-3-5-9(10)12/h7,9-10H,2-6,12H2,1H3,(H,13,14). The van der Waals surface area contributed by atoms with E-state index in [1.165, 1.54) is 25.7 Å². The maximum Gasteiger partial charge on any atom is 0.183 e. The van der Waals surface area contributed by atoms with Crippen LogP contribution in [0.5, 0.6) is 0 Å². The van der Waals surface area contributed by atoms with Gasteiger partial charge in [0.1, 0.15) is 0 Å². The molecule has 2 atom stereocenters. The lowest BCUT2D eigenvalue weighted by Gasteiger charge is -2.22. The van der Waals surface area contributed by atoms with Crippen LogP contribution in [0.1, 0.15) is 37.8 Å². The first-order chi connectivity index (χ1) is 7.25. The molecular weight excluding hydrogens is 206 g/mol. The SMILES string of the molecule is Cc1csc(NC2CCCCCC2N)n1. The van der Waals surface area contributed by atoms with Crippen LogP contribution in [-0.4, -0.2) is 17.1 Å². The Labute approximate surface area is 95.1 Å². The third-order valence-electron chi connectivity index (χ3n) is 3.00. The number of hydrogen-bond donors (Lipinski definition) is 2. The van der Waals surface area contributed by atoms with Crippen LogP contribution in [0, 0.1) is 6.92 Å². The average molecular weight is 225 g/mol. The van der Waals surface area contributed by atoms with Gasteiger partial charge >= 0.3 is 0 Å². The molecule has 0 amide bonds. The number of anilines is 1. The molecule has 0 aliphatic heterocycles. The molecule has 1 aliphatic rings. The van der Waals surface area contributed by atoms with Crippen molar-refractivity contribution in [3.05, 3.63) is 11.1 Å². The number of thiazole rings is 1. The van der Waals surface area contributed by atoms with Gasteiger partial charge in [-0.3, -0.25) is 0 Å². The molecule has 0 radical (unpaired) electrons. The van der Waals surface area contributed by atoms with Crippen molar-refractivity contribution >= 4 is 16.5 Å². The largest absolute Gasteiger partial charge is 0.357 e. The van der Waals surface area contributed by atoms with Crippen molar-refractivity contribution in [1.29, 1.82) is 0 Å². The van der Waals surface area contributed by atoms with Crippen LogP contribution in [0.15, 0.2) is 5.38 Å². The molecule has 1 aromatic heterocycles. The van der Waals surface area contributed by atoms with Crippen LogP contribution in [0.3, 0.4) is 0 Å². The Kier molecular flexibility index (Phi) is 3.59. The molecule has 0 saturated heterocycles. The Hall–Kier alpha value is -0.610. The second-order valence-electron chi connectivity index (χ2n) is 4.35. The highest BCUT2D eigenvalue weighted by Crippen LogP contribution is 2.22. The number of nitrogens with two attached hydrogens (primary N) is 1. The molecule has 3 nitrogen and oxygen atoms in total. The van der Waals surface area contributed by atoms with Gasteiger partial charge in [0.25, 0.3) is 0 Å². The zero-order valence-corrected chi connectivity index (χ0v) is 10.0. The summed E-state index contributed by atoms with van der Waals surface area (Å²) in [5.74, 6) is 0. The molecule has 15 heavy (non-hydrogen) atoms. The summed E-state index contributed by atoms with van der Waals surface area (Å²) in [6.45, 7) is 2.02. The maximum atomic E-state index is 6.15. The first-order valence-corrected chi connectivity index (χ1v) is 6.58. The second kappa shape index (κ2) is 4.94. The molecule has 1 heterocycles. The van der Waals surface area contributed by atoms with Gasteiger partial charge in [0.15, 0.2) is 5.13 Å². The molecular formula is C11H19N3S. The van der Waals surface area contributed by atoms with Gasteiger partial charge in [-0.25, -0.2) is 4.98 Å². The Morgan fingerprint density at radius 3 is 2.93 bits per heavy atom. The molecule has 2 unspecified atom stereocenters. The van der Waals surface area contributed by atoms with Crippen molar-refractivity contribution in [3.63, 3.8) is 0 Å². The van der Waals surface area contributed by atoms with E-state index >= 15 is 0 Å². The van der Waals surface area contributed by atoms with Gasteiger partial charge in [-0.05, 0) is 19.8 Å². The van der Waals surface area contributed by atoms with Crippen molar-refractivity contribution < 1.29 is 0 Å². The quantitative estimate of drug-likeness (QED) is 0.760. The first kappa shape index (κ1) is 10.9. The zero-order chi connectivity index (χ0) is 10.7. The molecule has 0 spiro atoms. The highest BCUT2D eigenvalue weighted by atomic mass is 32.1. The third-order valence-corrected chi connectivity index (χ3v) is 3.89. The lowest BCUT2D eigenvalue weighted by molar-refractivity contribution is 0.528. The summed E-state index contributed by atoms with van der Waals surface area (Å²) in [5.41, 5.74) is 7.24. The molecule has 3 N–H and O–H groups in total. The first-order valence-electron chi connectivity index (χ1n) is 5.70. The van der Waals surface area contributed by atoms with E-state index in [1.807, 2.05) is 6.92 Å². The number of aromatic nitrogens is 1. The molecule has 2 rings (SSSR count). The van der Waals surface area contributed by atoms with E-state index in [4.69, 9.17) is 5.73 Å². The number of hydrogen-bond acceptors (Lipinski definition) is 4. The topological polar surface area (TPSA) is 50.9 Å². The molecule has 1 aromatic rings. The fraction of sp³-hybridized carbons (Fsp3) is 0.727. The normalized spacial score (nSPS) is 27.3. The van der Waals surface area contributed by atoms with Crippen molar-refractivity contribution in [2.75, 3.05) is 5.32 Å². The minimum Gasteiger partial charge on any atom is -0.357 e. The fourth-order valence-electron chi connectivity index (χ4n) is 2.09. The molecule has 1 saturated carbocycles. The fourth-order valence-corrected chi connectivity index (χ4v) is 2.85. The number of rotatable bonds is 2. The lowest BCUT2D eigenvalue weighted by Crippen LogP contribution is -2.39. The van der Waals surface area contributed by atoms with Crippen molar-refractivity contribution in [3.8, 4) is 0 Å². The minimum absolute atomic E-state index is 0.289. The van der Waals surface area contributed by atoms with E-state index in [9.17, 15) is 0 Å². The summed E-state index contributed by atoms with van der Waals surface area (Å²) in [7, 11) is 0. The van der Waals surface area contributed by atoms with Gasteiger partial charge in [0, 0.05) is 17.5 Å². The van der Waals surface area contributed by atoms with Crippen molar-refractivity contribution in [2.45, 2.75) is 51.1 Å². The summed E-state index contributed by atoms with van der Waals surface area (Å²) >= 11 is 1.67. The van der Waals surface area contributed by atoms with Gasteiger partial charge in [0.05, 0.1) is 5.69 Å². The summed E-state index contributed by atoms with van der Waals surface area (Å²) in [6.07, 6.45) is 6.20. The van der Waals surface area contributed by atoms with Crippen molar-refractivity contribution in [2.24, 2.45) is 5.73 Å². The summed E-state index contributed by atoms with van der Waals surface area (Å²) in [6, 6.07) is 0.703. The summed E-state index contributed by atoms with van der Waals surface area (Å²) in [4.78, 5) is 4.42. The summed E-state index contributed by atoms with van der Waals surface area (Å²) in [5, 5.41) is 6.57. The smallest absolute Gasteiger partial charge is 0.183 e. The highest BCUT2D eigenvalue weighted by Gasteiger charge is 2.20. The second-order valence-corrected chi connectivity index (χ2v) is 5.20. The van der Waals surface area contributed by atoms with Gasteiger partial charge in [-0.15, -0.1) is 11.3 Å². The predicted molar refractivity (Wildman–Crippen MR) is 65.3 cm³/mol. The predicted octanol–water partition coefficient (Wildman–Crippen LogP) is 2.52. The van der Waals surface area contributed by atoms with E-state index in [1.54, 1.807) is 11.3 Å². The number of nitrogens with zero attached hydrogens (tertiary/aromatic N) is 1. The Bertz CT molecular complexity index is 311. The Balaban J connectivity index is 1.97. The van der Waals surface area contributed by atoms with Crippen LogP contribution >= 0.6 is 11.3 Å². The molecule has 84 valence electrons. The van der Waals surface area contributed by atoms with Crippen LogP contribution in [-0.2, 0) is 0 Å². The van der Waals surface area contributed by atoms with Gasteiger partial charge in [-0.1, -0.05) is 19.3 Å². The van der Waals surface area contributed by atoms with Crippen LogP contribution in [0.2, 0.25) is 0 Å². The maximum absolute atomic E-state index is 6.15. The minimum atomic E-state index is 0.289. The van der Waals surface area contributed by atoms with E-state index in [0.29, 0.717) is 6.04 Å². The third kappa shape index (κ3) is 2.92. The molecule has 0 aromatic carbocycles. The average Bonchev–Trinajstić information content (AvgIpc) is 2.50. The molecule has 4 heteroatoms. The van der Waals surface area contributed by atoms with Crippen LogP contribution < -0.4 is 11.1 Å². The van der Waals surface area contributed by atoms with E-state index < -0.39 is 0 Å². The number of nitrogens with one attached hydrogen (secondary N) is 1. The Morgan fingerprint density at radius 1 is 1.40 bits per heavy atom. The van der Waals surface area contributed by atoms with E-state index in [2.05, 4.69) is 15.7 Å². The van der Waals surface area contributed by atoms with Crippen molar-refractivity contribution in [1.82, 2.24) is 4.98 Å². The molecule has 1 fully saturated rings. The van der Waals surface area contributed by atoms with Gasteiger partial charge in [0.2, 0.25) is 0 Å². The lowest BCUT2D eigenvalue weighted by atomic mass is 10.0. The Morgan fingerprint density at radius 2 is 2.20 bits per heavy atom. The van der Waals surface area contributed by atoms with Gasteiger partial charge < -0.3 is 11.1 Å². The van der Waals surface area contributed by atoms with Crippen LogP contribution in [0.25, 0.3) is 0 Å². The van der Waals surface area contributed by atoms with Crippen LogP contribution in [0.4, 0.5) is 5.13 Å². The summed E-state index contributed by atoms with van der Waals surface area (Å²) < 4.78 is 0. The monoisotopic (exact) mass is 225 g/mol. The van der Waals surface area contributed by atoms with E-state index in [0.717, 1.165) is 17.2 Å². The van der Waals surface area contributed by atoms with Gasteiger partial charge in [-0.2, -0.15) is 0 Å².